The second-order valence-corrected chi connectivity index (χ2v) is 17.4. The van der Waals surface area contributed by atoms with E-state index in [1.807, 2.05) is 19.9 Å². The van der Waals surface area contributed by atoms with E-state index >= 15 is 0 Å². The normalized spacial score (nSPS) is 17.3. The molecule has 0 saturated carbocycles. The molecule has 1 nitrogen and oxygen atoms in total. The molecular formula is C62H61N. The minimum atomic E-state index is -0.500. The smallest absolute Gasteiger partial charge is 0.0677 e. The molecule has 3 aliphatic carbocycles. The summed E-state index contributed by atoms with van der Waals surface area (Å²) >= 11 is 0. The molecule has 314 valence electrons. The quantitative estimate of drug-likeness (QED) is 0.124. The number of hydrogen-bond acceptors (Lipinski definition) is 1. The topological polar surface area (TPSA) is 3.24 Å². The maximum atomic E-state index is 4.86. The zero-order valence-electron chi connectivity index (χ0n) is 38.5. The summed E-state index contributed by atoms with van der Waals surface area (Å²) in [5, 5.41) is 0. The second-order valence-electron chi connectivity index (χ2n) is 17.4. The van der Waals surface area contributed by atoms with Gasteiger partial charge in [0.1, 0.15) is 0 Å². The fourth-order valence-electron chi connectivity index (χ4n) is 10.7. The average Bonchev–Trinajstić information content (AvgIpc) is 3.72. The molecule has 0 amide bonds. The molecule has 0 aliphatic heterocycles. The van der Waals surface area contributed by atoms with E-state index in [1.165, 1.54) is 83.5 Å². The highest BCUT2D eigenvalue weighted by molar-refractivity contribution is 5.92. The third-order valence-electron chi connectivity index (χ3n) is 13.5. The summed E-state index contributed by atoms with van der Waals surface area (Å²) in [5.41, 5.74) is 23.1. The van der Waals surface area contributed by atoms with Crippen molar-refractivity contribution in [2.75, 3.05) is 4.90 Å². The molecule has 1 heteroatoms. The van der Waals surface area contributed by atoms with E-state index in [4.69, 9.17) is 6.58 Å². The zero-order chi connectivity index (χ0) is 44.5. The summed E-state index contributed by atoms with van der Waals surface area (Å²) in [6.07, 6.45) is 19.2. The minimum Gasteiger partial charge on any atom is -0.311 e. The van der Waals surface area contributed by atoms with Gasteiger partial charge in [0.25, 0.3) is 0 Å². The van der Waals surface area contributed by atoms with E-state index in [0.29, 0.717) is 0 Å². The van der Waals surface area contributed by atoms with E-state index in [0.717, 1.165) is 35.5 Å². The standard InChI is InChI=1S/C60H55N.C2H6/c1-9-21-45(10-2)60(46-25-15-12-16-26-46)55-29-20-19-28-51(55)52-32-30-48(39-57(52)60)61(42(5)36-40(3)37-44-23-13-11-14-24-44)47-31-34-54-53(38-47)58-43(6)50(33-35-56(58)59(54,7)8)49-27-18-17-22-41(49)4;1-2/h9,11-23,25-39H,1,5,10,24H2,2-4,6-8H3;1-2H3/b40-36-,44-37-,45-21+;. The monoisotopic (exact) mass is 819 g/mol. The Morgan fingerprint density at radius 2 is 1.33 bits per heavy atom. The van der Waals surface area contributed by atoms with Crippen molar-refractivity contribution in [1.29, 1.82) is 0 Å². The Hall–Kier alpha value is -6.70. The third kappa shape index (κ3) is 7.24. The second kappa shape index (κ2) is 17.6. The lowest BCUT2D eigenvalue weighted by atomic mass is 9.66. The van der Waals surface area contributed by atoms with Gasteiger partial charge in [-0.25, -0.2) is 0 Å². The molecule has 9 rings (SSSR count). The summed E-state index contributed by atoms with van der Waals surface area (Å²) in [6, 6.07) is 47.7. The number of allylic oxidation sites excluding steroid dienone is 11. The van der Waals surface area contributed by atoms with Crippen molar-refractivity contribution in [3.8, 4) is 33.4 Å². The molecule has 6 aromatic rings. The predicted octanol–water partition coefficient (Wildman–Crippen LogP) is 17.2. The van der Waals surface area contributed by atoms with Gasteiger partial charge in [-0.3, -0.25) is 0 Å². The van der Waals surface area contributed by atoms with E-state index in [-0.39, 0.29) is 5.41 Å². The molecule has 0 fully saturated rings. The van der Waals surface area contributed by atoms with Gasteiger partial charge < -0.3 is 4.90 Å². The predicted molar refractivity (Wildman–Crippen MR) is 273 cm³/mol. The molecule has 0 aromatic heterocycles. The number of anilines is 2. The molecule has 1 unspecified atom stereocenters. The van der Waals surface area contributed by atoms with Crippen LogP contribution in [0.5, 0.6) is 0 Å². The SMILES string of the molecule is C=C/C=C(\CC)C1(c2ccccc2)c2ccccc2-c2ccc(N(C(=C)/C=C(C)\C=C3\C=CC=CC3)c3ccc4c(c3)-c3c(ccc(-c5ccccc5C)c3C)C4(C)C)cc21.CC. The average molecular weight is 820 g/mol. The summed E-state index contributed by atoms with van der Waals surface area (Å²) in [4.78, 5) is 2.38. The first-order valence-corrected chi connectivity index (χ1v) is 22.8. The van der Waals surface area contributed by atoms with Gasteiger partial charge in [0, 0.05) is 22.5 Å². The maximum Gasteiger partial charge on any atom is 0.0677 e. The molecule has 0 spiro atoms. The number of fused-ring (bicyclic) bond motifs is 6. The number of benzene rings is 6. The van der Waals surface area contributed by atoms with Gasteiger partial charge in [-0.15, -0.1) is 0 Å². The van der Waals surface area contributed by atoms with E-state index in [1.54, 1.807) is 0 Å². The van der Waals surface area contributed by atoms with Gasteiger partial charge >= 0.3 is 0 Å². The highest BCUT2D eigenvalue weighted by Crippen LogP contribution is 2.58. The molecule has 0 bridgehead atoms. The van der Waals surface area contributed by atoms with Crippen LogP contribution in [0.3, 0.4) is 0 Å². The number of nitrogens with zero attached hydrogens (tertiary/aromatic N) is 1. The highest BCUT2D eigenvalue weighted by Gasteiger charge is 2.47. The molecule has 3 aliphatic rings. The highest BCUT2D eigenvalue weighted by atomic mass is 15.1. The summed E-state index contributed by atoms with van der Waals surface area (Å²) < 4.78 is 0. The largest absolute Gasteiger partial charge is 0.311 e. The lowest BCUT2D eigenvalue weighted by Gasteiger charge is -2.36. The van der Waals surface area contributed by atoms with Gasteiger partial charge in [-0.1, -0.05) is 199 Å². The van der Waals surface area contributed by atoms with Gasteiger partial charge in [0.2, 0.25) is 0 Å². The maximum absolute atomic E-state index is 4.86. The fourth-order valence-corrected chi connectivity index (χ4v) is 10.7. The van der Waals surface area contributed by atoms with Crippen LogP contribution in [-0.4, -0.2) is 0 Å². The number of aryl methyl sites for hydroxylation is 1. The lowest BCUT2D eigenvalue weighted by molar-refractivity contribution is 0.660. The number of rotatable bonds is 10. The lowest BCUT2D eigenvalue weighted by Crippen LogP contribution is -2.30. The van der Waals surface area contributed by atoms with Crippen LogP contribution in [0.15, 0.2) is 212 Å². The van der Waals surface area contributed by atoms with E-state index < -0.39 is 5.41 Å². The Kier molecular flexibility index (Phi) is 12.0. The molecule has 0 heterocycles. The molecule has 63 heavy (non-hydrogen) atoms. The summed E-state index contributed by atoms with van der Waals surface area (Å²) in [7, 11) is 0. The molecule has 0 N–H and O–H groups in total. The van der Waals surface area contributed by atoms with Gasteiger partial charge in [0.15, 0.2) is 0 Å². The number of hydrogen-bond donors (Lipinski definition) is 0. The van der Waals surface area contributed by atoms with Crippen LogP contribution in [0.4, 0.5) is 11.4 Å². The minimum absolute atomic E-state index is 0.145. The van der Waals surface area contributed by atoms with Crippen molar-refractivity contribution in [1.82, 2.24) is 0 Å². The van der Waals surface area contributed by atoms with Crippen LogP contribution in [0.25, 0.3) is 33.4 Å². The third-order valence-corrected chi connectivity index (χ3v) is 13.5. The van der Waals surface area contributed by atoms with Crippen molar-refractivity contribution in [3.63, 3.8) is 0 Å². The molecule has 1 atom stereocenters. The molecular weight excluding hydrogens is 759 g/mol. The first kappa shape index (κ1) is 43.0. The van der Waals surface area contributed by atoms with Crippen LogP contribution < -0.4 is 4.90 Å². The van der Waals surface area contributed by atoms with E-state index in [2.05, 4.69) is 223 Å². The summed E-state index contributed by atoms with van der Waals surface area (Å²) in [5.74, 6) is 0. The van der Waals surface area contributed by atoms with Crippen molar-refractivity contribution < 1.29 is 0 Å². The Morgan fingerprint density at radius 3 is 2.05 bits per heavy atom. The van der Waals surface area contributed by atoms with Crippen LogP contribution >= 0.6 is 0 Å². The van der Waals surface area contributed by atoms with Gasteiger partial charge in [-0.2, -0.15) is 0 Å². The Balaban J connectivity index is 0.00000268. The van der Waals surface area contributed by atoms with Crippen LogP contribution in [0.1, 0.15) is 93.3 Å². The van der Waals surface area contributed by atoms with E-state index in [9.17, 15) is 0 Å². The van der Waals surface area contributed by atoms with Crippen LogP contribution in [0.2, 0.25) is 0 Å². The Bertz CT molecular complexity index is 2900. The molecule has 6 aromatic carbocycles. The van der Waals surface area contributed by atoms with Crippen molar-refractivity contribution in [2.45, 2.75) is 79.1 Å². The summed E-state index contributed by atoms with van der Waals surface area (Å²) in [6.45, 7) is 26.8. The van der Waals surface area contributed by atoms with Crippen LogP contribution in [0, 0.1) is 13.8 Å². The first-order chi connectivity index (χ1) is 30.6. The van der Waals surface area contributed by atoms with Crippen molar-refractivity contribution in [2.24, 2.45) is 0 Å². The van der Waals surface area contributed by atoms with Crippen molar-refractivity contribution in [3.05, 3.63) is 251 Å². The molecule has 0 radical (unpaired) electrons. The van der Waals surface area contributed by atoms with Crippen LogP contribution in [-0.2, 0) is 10.8 Å². The Labute approximate surface area is 377 Å². The Morgan fingerprint density at radius 1 is 0.683 bits per heavy atom. The first-order valence-electron chi connectivity index (χ1n) is 22.8. The van der Waals surface area contributed by atoms with Gasteiger partial charge in [-0.05, 0) is 147 Å². The van der Waals surface area contributed by atoms with Crippen molar-refractivity contribution >= 4 is 11.4 Å². The zero-order valence-corrected chi connectivity index (χ0v) is 38.5. The fraction of sp³-hybridized carbons (Fsp3) is 0.194. The molecule has 0 saturated heterocycles. The van der Waals surface area contributed by atoms with Gasteiger partial charge in [0.05, 0.1) is 5.41 Å².